The predicted octanol–water partition coefficient (Wildman–Crippen LogP) is 1.83. The van der Waals surface area contributed by atoms with Crippen LogP contribution in [0.2, 0.25) is 0 Å². The molecule has 1 aromatic carbocycles. The van der Waals surface area contributed by atoms with Crippen molar-refractivity contribution in [3.63, 3.8) is 0 Å². The van der Waals surface area contributed by atoms with Gasteiger partial charge in [-0.1, -0.05) is 6.07 Å². The number of urea groups is 1. The molecule has 6 heteroatoms. The van der Waals surface area contributed by atoms with Crippen LogP contribution in [0.15, 0.2) is 10.4 Å². The van der Waals surface area contributed by atoms with Crippen molar-refractivity contribution in [1.82, 2.24) is 0 Å². The predicted molar refractivity (Wildman–Crippen MR) is 69.6 cm³/mol. The van der Waals surface area contributed by atoms with E-state index in [2.05, 4.69) is 15.7 Å². The highest BCUT2D eigenvalue weighted by Crippen LogP contribution is 2.39. The molecule has 0 radical (unpaired) electrons. The maximum atomic E-state index is 11.6. The molecule has 0 aromatic heterocycles. The van der Waals surface area contributed by atoms with Gasteiger partial charge >= 0.3 is 6.03 Å². The van der Waals surface area contributed by atoms with Gasteiger partial charge in [0.05, 0.1) is 0 Å². The number of benzene rings is 1. The first kappa shape index (κ1) is 11.7. The second-order valence-electron chi connectivity index (χ2n) is 4.68. The Labute approximate surface area is 107 Å². The van der Waals surface area contributed by atoms with Crippen molar-refractivity contribution >= 4 is 22.5 Å². The monoisotopic (exact) mass is 264 g/mol. The molecule has 0 bridgehead atoms. The molecule has 5 nitrogen and oxygen atoms in total. The van der Waals surface area contributed by atoms with Crippen LogP contribution in [0.25, 0.3) is 0 Å². The maximum absolute atomic E-state index is 11.6. The van der Waals surface area contributed by atoms with Gasteiger partial charge in [-0.15, -0.1) is 10.8 Å². The smallest absolute Gasteiger partial charge is 0.323 e. The van der Waals surface area contributed by atoms with Gasteiger partial charge in [0.15, 0.2) is 0 Å². The number of hydrogen-bond acceptors (Lipinski definition) is 3. The van der Waals surface area contributed by atoms with Gasteiger partial charge in [0.1, 0.15) is 0 Å². The molecule has 18 heavy (non-hydrogen) atoms. The average Bonchev–Trinajstić information content (AvgIpc) is 2.69. The zero-order chi connectivity index (χ0) is 12.7. The van der Waals surface area contributed by atoms with E-state index in [4.69, 9.17) is 5.14 Å². The van der Waals surface area contributed by atoms with Crippen LogP contribution in [0.4, 0.5) is 10.5 Å². The molecular weight excluding hydrogens is 250 g/mol. The molecule has 96 valence electrons. The first-order valence-corrected chi connectivity index (χ1v) is 7.17. The molecule has 0 fully saturated rings. The van der Waals surface area contributed by atoms with Crippen molar-refractivity contribution in [3.05, 3.63) is 28.3 Å². The lowest BCUT2D eigenvalue weighted by molar-refractivity contribution is 0.260. The van der Waals surface area contributed by atoms with E-state index in [1.54, 1.807) is 0 Å². The average molecular weight is 264 g/mol. The van der Waals surface area contributed by atoms with E-state index < -0.39 is 16.8 Å². The van der Waals surface area contributed by atoms with Gasteiger partial charge in [0, 0.05) is 5.69 Å². The summed E-state index contributed by atoms with van der Waals surface area (Å²) in [7, 11) is -1.95. The third-order valence-corrected chi connectivity index (χ3v) is 4.00. The highest BCUT2D eigenvalue weighted by molar-refractivity contribution is 7.72. The maximum Gasteiger partial charge on any atom is 0.323 e. The van der Waals surface area contributed by atoms with E-state index in [9.17, 15) is 9.00 Å². The van der Waals surface area contributed by atoms with E-state index in [0.29, 0.717) is 0 Å². The second kappa shape index (κ2) is 4.37. The molecule has 0 aliphatic heterocycles. The Bertz CT molecular complexity index is 618. The first-order chi connectivity index (χ1) is 8.65. The van der Waals surface area contributed by atoms with Crippen LogP contribution in [-0.2, 0) is 40.7 Å². The van der Waals surface area contributed by atoms with Crippen molar-refractivity contribution in [2.24, 2.45) is 9.50 Å². The van der Waals surface area contributed by atoms with Crippen LogP contribution in [-0.4, -0.2) is 6.03 Å². The fourth-order valence-corrected chi connectivity index (χ4v) is 3.01. The van der Waals surface area contributed by atoms with E-state index in [1.807, 2.05) is 0 Å². The van der Waals surface area contributed by atoms with Crippen molar-refractivity contribution < 1.29 is 9.00 Å². The quantitative estimate of drug-likeness (QED) is 0.758. The van der Waals surface area contributed by atoms with Gasteiger partial charge in [-0.3, -0.25) is 0 Å². The molecule has 3 rings (SSSR count). The van der Waals surface area contributed by atoms with Crippen LogP contribution in [0, 0.1) is 0 Å². The van der Waals surface area contributed by atoms with Crippen molar-refractivity contribution in [1.29, 1.82) is 0 Å². The van der Waals surface area contributed by atoms with Gasteiger partial charge < -0.3 is 19.0 Å². The number of hydrogen-bond donors (Lipinski definition) is 2. The minimum Gasteiger partial charge on any atom is -0.430 e. The molecule has 2 amide bonds. The topological polar surface area (TPSA) is 84.6 Å². The van der Waals surface area contributed by atoms with Gasteiger partial charge in [-0.05, 0) is 54.4 Å². The van der Waals surface area contributed by atoms with Crippen molar-refractivity contribution in [2.75, 3.05) is 5.32 Å². The van der Waals surface area contributed by atoms with E-state index in [0.717, 1.165) is 37.8 Å². The molecule has 0 saturated heterocycles. The number of fused-ring (bicyclic) bond motifs is 2. The molecule has 0 unspecified atom stereocenters. The normalized spacial score (nSPS) is 17.8. The highest BCUT2D eigenvalue weighted by atomic mass is 32.2. The summed E-state index contributed by atoms with van der Waals surface area (Å²) in [6, 6.07) is 1.64. The third kappa shape index (κ3) is 1.91. The molecule has 1 aromatic rings. The zero-order valence-corrected chi connectivity index (χ0v) is 10.7. The summed E-state index contributed by atoms with van der Waals surface area (Å²) < 4.78 is 14.0. The Balaban J connectivity index is 1.99. The molecule has 0 spiro atoms. The van der Waals surface area contributed by atoms with Crippen LogP contribution in [0.3, 0.4) is 0 Å². The fourth-order valence-electron chi connectivity index (χ4n) is 2.81. The summed E-state index contributed by atoms with van der Waals surface area (Å²) in [6.45, 7) is 0. The van der Waals surface area contributed by atoms with Gasteiger partial charge in [-0.2, -0.15) is 0 Å². The number of anilines is 1. The lowest BCUT2D eigenvalue weighted by Crippen LogP contribution is -2.18. The Morgan fingerprint density at radius 2 is 1.94 bits per heavy atom. The number of rotatable bonds is 1. The van der Waals surface area contributed by atoms with Crippen LogP contribution < -0.4 is 10.5 Å². The lowest BCUT2D eigenvalue weighted by Gasteiger charge is -2.25. The number of carbonyl (C=O) groups excluding carboxylic acids is 1. The molecule has 3 N–H and O–H groups in total. The van der Waals surface area contributed by atoms with Crippen LogP contribution >= 0.6 is 0 Å². The van der Waals surface area contributed by atoms with Crippen molar-refractivity contribution in [2.45, 2.75) is 32.1 Å². The van der Waals surface area contributed by atoms with Crippen LogP contribution in [0.5, 0.6) is 0 Å². The Kier molecular flexibility index (Phi) is 2.83. The Morgan fingerprint density at radius 3 is 2.61 bits per heavy atom. The molecule has 0 atom stereocenters. The number of nitrogens with zero attached hydrogens (tertiary/aromatic N) is 1. The van der Waals surface area contributed by atoms with Crippen LogP contribution in [0.1, 0.15) is 28.7 Å². The molecule has 0 heterocycles. The lowest BCUT2D eigenvalue weighted by atomic mass is 9.83. The summed E-state index contributed by atoms with van der Waals surface area (Å²) in [5.74, 6) is 0. The minimum absolute atomic E-state index is 0.620. The van der Waals surface area contributed by atoms with E-state index >= 15 is 0 Å². The molecular formula is C12H14N3O2S-. The van der Waals surface area contributed by atoms with Gasteiger partial charge in [0.2, 0.25) is 0 Å². The molecule has 0 saturated carbocycles. The summed E-state index contributed by atoms with van der Waals surface area (Å²) in [6.07, 6.45) is 5.26. The SMILES string of the molecule is N[S-](=O)=NC(=O)Nc1c2c(cc3c1CC3)CCC2. The largest absolute Gasteiger partial charge is 0.430 e. The van der Waals surface area contributed by atoms with Gasteiger partial charge in [0.25, 0.3) is 0 Å². The summed E-state index contributed by atoms with van der Waals surface area (Å²) in [5, 5.41) is 7.74. The second-order valence-corrected chi connectivity index (χ2v) is 5.41. The Morgan fingerprint density at radius 1 is 1.22 bits per heavy atom. The van der Waals surface area contributed by atoms with Gasteiger partial charge in [-0.25, -0.2) is 4.79 Å². The minimum atomic E-state index is -1.95. The number of amides is 2. The zero-order valence-electron chi connectivity index (χ0n) is 9.86. The standard InChI is InChI=1S/C12H14N3O2S/c13-18(17)15-12(16)14-11-9-3-1-2-7(9)6-8-4-5-10(8)11/h6H,1-5H2,(H3,13,14,15,16,17)/q-1. The number of aryl methyl sites for hydroxylation is 2. The first-order valence-electron chi connectivity index (χ1n) is 6.00. The molecule has 2 aliphatic rings. The summed E-state index contributed by atoms with van der Waals surface area (Å²) in [4.78, 5) is 11.6. The number of nitrogens with two attached hydrogens (primary N) is 1. The number of nitrogens with one attached hydrogen (secondary N) is 1. The third-order valence-electron chi connectivity index (χ3n) is 3.65. The Hall–Kier alpha value is -1.40. The van der Waals surface area contributed by atoms with Crippen molar-refractivity contribution in [3.8, 4) is 0 Å². The molecule has 2 aliphatic carbocycles. The fraction of sp³-hybridized carbons (Fsp3) is 0.417. The summed E-state index contributed by atoms with van der Waals surface area (Å²) in [5.41, 5.74) is 5.98. The summed E-state index contributed by atoms with van der Waals surface area (Å²) >= 11 is 0. The number of carbonyl (C=O) groups is 1. The highest BCUT2D eigenvalue weighted by Gasteiger charge is 2.26. The van der Waals surface area contributed by atoms with E-state index in [1.165, 1.54) is 22.3 Å². The van der Waals surface area contributed by atoms with E-state index in [-0.39, 0.29) is 0 Å².